The van der Waals surface area contributed by atoms with Gasteiger partial charge in [-0.1, -0.05) is 22.0 Å². The summed E-state index contributed by atoms with van der Waals surface area (Å²) in [6, 6.07) is 7.91. The Morgan fingerprint density at radius 1 is 1.44 bits per heavy atom. The summed E-state index contributed by atoms with van der Waals surface area (Å²) in [4.78, 5) is 2.38. The molecular weight excluding hydrogens is 294 g/mol. The molecule has 1 aliphatic rings. The van der Waals surface area contributed by atoms with Crippen molar-refractivity contribution >= 4 is 15.9 Å². The van der Waals surface area contributed by atoms with Gasteiger partial charge in [0.05, 0.1) is 0 Å². The first kappa shape index (κ1) is 13.8. The van der Waals surface area contributed by atoms with Gasteiger partial charge in [-0.3, -0.25) is 4.90 Å². The molecule has 1 aromatic rings. The molecule has 0 saturated carbocycles. The Morgan fingerprint density at radius 3 is 3.11 bits per heavy atom. The van der Waals surface area contributed by atoms with E-state index in [9.17, 15) is 5.11 Å². The minimum absolute atomic E-state index is 0.309. The Morgan fingerprint density at radius 2 is 2.33 bits per heavy atom. The van der Waals surface area contributed by atoms with Crippen LogP contribution in [0, 0.1) is 5.92 Å². The number of aliphatic hydroxyl groups is 1. The largest absolute Gasteiger partial charge is 0.492 e. The fourth-order valence-corrected chi connectivity index (χ4v) is 2.73. The summed E-state index contributed by atoms with van der Waals surface area (Å²) in [6.07, 6.45) is 2.33. The maximum atomic E-state index is 9.18. The van der Waals surface area contributed by atoms with E-state index in [1.807, 2.05) is 24.3 Å². The lowest BCUT2D eigenvalue weighted by Crippen LogP contribution is -2.39. The van der Waals surface area contributed by atoms with Crippen molar-refractivity contribution in [2.45, 2.75) is 12.8 Å². The number of nitrogens with zero attached hydrogens (tertiary/aromatic N) is 1. The van der Waals surface area contributed by atoms with E-state index in [-0.39, 0.29) is 0 Å². The van der Waals surface area contributed by atoms with Gasteiger partial charge in [-0.15, -0.1) is 0 Å². The van der Waals surface area contributed by atoms with Gasteiger partial charge < -0.3 is 9.84 Å². The third kappa shape index (κ3) is 4.26. The van der Waals surface area contributed by atoms with Crippen LogP contribution in [-0.2, 0) is 0 Å². The fraction of sp³-hybridized carbons (Fsp3) is 0.571. The van der Waals surface area contributed by atoms with E-state index in [4.69, 9.17) is 4.74 Å². The highest BCUT2D eigenvalue weighted by Gasteiger charge is 2.18. The molecule has 1 fully saturated rings. The first-order valence-corrected chi connectivity index (χ1v) is 7.29. The summed E-state index contributed by atoms with van der Waals surface area (Å²) in [5.41, 5.74) is 0. The molecule has 0 aromatic heterocycles. The van der Waals surface area contributed by atoms with Gasteiger partial charge in [-0.05, 0) is 43.5 Å². The summed E-state index contributed by atoms with van der Waals surface area (Å²) >= 11 is 3.43. The van der Waals surface area contributed by atoms with Crippen molar-refractivity contribution in [2.24, 2.45) is 5.92 Å². The minimum atomic E-state index is 0.309. The van der Waals surface area contributed by atoms with Crippen LogP contribution in [0.5, 0.6) is 5.75 Å². The van der Waals surface area contributed by atoms with Crippen molar-refractivity contribution < 1.29 is 9.84 Å². The number of hydrogen-bond donors (Lipinski definition) is 1. The SMILES string of the molecule is OCC1CCCN(CCOc2cccc(Br)c2)C1. The van der Waals surface area contributed by atoms with E-state index in [1.54, 1.807) is 0 Å². The molecule has 0 bridgehead atoms. The van der Waals surface area contributed by atoms with Crippen LogP contribution in [0.1, 0.15) is 12.8 Å². The van der Waals surface area contributed by atoms with Crippen LogP contribution < -0.4 is 4.74 Å². The predicted molar refractivity (Wildman–Crippen MR) is 75.9 cm³/mol. The maximum Gasteiger partial charge on any atom is 0.120 e. The zero-order valence-corrected chi connectivity index (χ0v) is 12.1. The van der Waals surface area contributed by atoms with Gasteiger partial charge >= 0.3 is 0 Å². The predicted octanol–water partition coefficient (Wildman–Crippen LogP) is 2.53. The van der Waals surface area contributed by atoms with Crippen LogP contribution >= 0.6 is 15.9 Å². The van der Waals surface area contributed by atoms with E-state index < -0.39 is 0 Å². The van der Waals surface area contributed by atoms with Crippen molar-refractivity contribution in [3.05, 3.63) is 28.7 Å². The van der Waals surface area contributed by atoms with E-state index in [0.29, 0.717) is 19.1 Å². The average molecular weight is 314 g/mol. The standard InChI is InChI=1S/C14H20BrNO2/c15-13-4-1-5-14(9-13)18-8-7-16-6-2-3-12(10-16)11-17/h1,4-5,9,12,17H,2-3,6-8,10-11H2. The highest BCUT2D eigenvalue weighted by Crippen LogP contribution is 2.18. The van der Waals surface area contributed by atoms with Crippen LogP contribution in [-0.4, -0.2) is 42.9 Å². The molecule has 4 heteroatoms. The van der Waals surface area contributed by atoms with Crippen LogP contribution in [0.4, 0.5) is 0 Å². The van der Waals surface area contributed by atoms with Crippen molar-refractivity contribution in [1.82, 2.24) is 4.90 Å². The maximum absolute atomic E-state index is 9.18. The van der Waals surface area contributed by atoms with Gasteiger partial charge in [0.25, 0.3) is 0 Å². The number of halogens is 1. The second kappa shape index (κ2) is 7.12. The molecule has 3 nitrogen and oxygen atoms in total. The molecule has 0 spiro atoms. The molecule has 1 aromatic carbocycles. The lowest BCUT2D eigenvalue weighted by Gasteiger charge is -2.31. The lowest BCUT2D eigenvalue weighted by atomic mass is 9.99. The Bertz CT molecular complexity index is 373. The summed E-state index contributed by atoms with van der Waals surface area (Å²) in [7, 11) is 0. The van der Waals surface area contributed by atoms with Crippen LogP contribution in [0.25, 0.3) is 0 Å². The molecular formula is C14H20BrNO2. The molecule has 2 rings (SSSR count). The molecule has 1 N–H and O–H groups in total. The zero-order chi connectivity index (χ0) is 12.8. The van der Waals surface area contributed by atoms with Crippen LogP contribution in [0.3, 0.4) is 0 Å². The Balaban J connectivity index is 1.72. The topological polar surface area (TPSA) is 32.7 Å². The molecule has 1 heterocycles. The summed E-state index contributed by atoms with van der Waals surface area (Å²) in [6.45, 7) is 4.07. The third-order valence-electron chi connectivity index (χ3n) is 3.33. The number of hydrogen-bond acceptors (Lipinski definition) is 3. The Hall–Kier alpha value is -0.580. The van der Waals surface area contributed by atoms with Crippen molar-refractivity contribution in [1.29, 1.82) is 0 Å². The third-order valence-corrected chi connectivity index (χ3v) is 3.83. The first-order valence-electron chi connectivity index (χ1n) is 6.49. The molecule has 1 atom stereocenters. The summed E-state index contributed by atoms with van der Waals surface area (Å²) in [5, 5.41) is 9.18. The molecule has 0 aliphatic carbocycles. The molecule has 100 valence electrons. The summed E-state index contributed by atoms with van der Waals surface area (Å²) in [5.74, 6) is 1.35. The second-order valence-corrected chi connectivity index (χ2v) is 5.71. The van der Waals surface area contributed by atoms with Crippen molar-refractivity contribution in [3.8, 4) is 5.75 Å². The number of ether oxygens (including phenoxy) is 1. The highest BCUT2D eigenvalue weighted by atomic mass is 79.9. The number of aliphatic hydroxyl groups excluding tert-OH is 1. The quantitative estimate of drug-likeness (QED) is 0.906. The molecule has 1 unspecified atom stereocenters. The molecule has 1 saturated heterocycles. The van der Waals surface area contributed by atoms with E-state index in [0.717, 1.165) is 36.3 Å². The highest BCUT2D eigenvalue weighted by molar-refractivity contribution is 9.10. The first-order chi connectivity index (χ1) is 8.78. The molecule has 0 amide bonds. The van der Waals surface area contributed by atoms with Crippen LogP contribution in [0.15, 0.2) is 28.7 Å². The van der Waals surface area contributed by atoms with Crippen molar-refractivity contribution in [2.75, 3.05) is 32.8 Å². The molecule has 1 aliphatic heterocycles. The number of piperidine rings is 1. The van der Waals surface area contributed by atoms with E-state index >= 15 is 0 Å². The normalized spacial score (nSPS) is 20.9. The smallest absolute Gasteiger partial charge is 0.120 e. The van der Waals surface area contributed by atoms with E-state index in [2.05, 4.69) is 20.8 Å². The Kier molecular flexibility index (Phi) is 5.47. The van der Waals surface area contributed by atoms with E-state index in [1.165, 1.54) is 6.42 Å². The van der Waals surface area contributed by atoms with Crippen LogP contribution in [0.2, 0.25) is 0 Å². The zero-order valence-electron chi connectivity index (χ0n) is 10.5. The number of benzene rings is 1. The average Bonchev–Trinajstić information content (AvgIpc) is 2.39. The second-order valence-electron chi connectivity index (χ2n) is 4.80. The van der Waals surface area contributed by atoms with Gasteiger partial charge in [0.1, 0.15) is 12.4 Å². The minimum Gasteiger partial charge on any atom is -0.492 e. The van der Waals surface area contributed by atoms with Gasteiger partial charge in [0, 0.05) is 24.2 Å². The monoisotopic (exact) mass is 313 g/mol. The van der Waals surface area contributed by atoms with Gasteiger partial charge in [0.15, 0.2) is 0 Å². The number of rotatable bonds is 5. The van der Waals surface area contributed by atoms with Crippen molar-refractivity contribution in [3.63, 3.8) is 0 Å². The fourth-order valence-electron chi connectivity index (χ4n) is 2.35. The lowest BCUT2D eigenvalue weighted by molar-refractivity contribution is 0.107. The summed E-state index contributed by atoms with van der Waals surface area (Å²) < 4.78 is 6.76. The van der Waals surface area contributed by atoms with Gasteiger partial charge in [0.2, 0.25) is 0 Å². The molecule has 18 heavy (non-hydrogen) atoms. The number of likely N-dealkylation sites (tertiary alicyclic amines) is 1. The Labute approximate surface area is 117 Å². The van der Waals surface area contributed by atoms with Gasteiger partial charge in [-0.25, -0.2) is 0 Å². The molecule has 0 radical (unpaired) electrons. The van der Waals surface area contributed by atoms with Gasteiger partial charge in [-0.2, -0.15) is 0 Å².